The van der Waals surface area contributed by atoms with Crippen LogP contribution in [0.15, 0.2) is 0 Å². The summed E-state index contributed by atoms with van der Waals surface area (Å²) in [6, 6.07) is 0.395. The van der Waals surface area contributed by atoms with E-state index in [1.54, 1.807) is 0 Å². The van der Waals surface area contributed by atoms with Crippen LogP contribution < -0.4 is 11.5 Å². The highest BCUT2D eigenvalue weighted by atomic mass is 16.5. The molecule has 3 heteroatoms. The average Bonchev–Trinajstić information content (AvgIpc) is 2.24. The van der Waals surface area contributed by atoms with Crippen molar-refractivity contribution < 1.29 is 4.74 Å². The summed E-state index contributed by atoms with van der Waals surface area (Å²) in [6.45, 7) is 1.80. The third-order valence-electron chi connectivity index (χ3n) is 4.00. The van der Waals surface area contributed by atoms with E-state index in [0.29, 0.717) is 12.0 Å². The molecule has 2 aliphatic rings. The Morgan fingerprint density at radius 1 is 1.00 bits per heavy atom. The number of hydrogen-bond acceptors (Lipinski definition) is 3. The third kappa shape index (κ3) is 2.10. The van der Waals surface area contributed by atoms with Crippen LogP contribution in [0.25, 0.3) is 0 Å². The van der Waals surface area contributed by atoms with E-state index in [2.05, 4.69) is 0 Å². The van der Waals surface area contributed by atoms with Crippen molar-refractivity contribution in [3.8, 4) is 0 Å². The van der Waals surface area contributed by atoms with Crippen molar-refractivity contribution in [3.05, 3.63) is 0 Å². The highest BCUT2D eigenvalue weighted by Crippen LogP contribution is 2.36. The lowest BCUT2D eigenvalue weighted by atomic mass is 9.69. The molecule has 1 saturated carbocycles. The molecule has 1 aliphatic heterocycles. The Labute approximate surface area is 86.2 Å². The summed E-state index contributed by atoms with van der Waals surface area (Å²) in [4.78, 5) is 0. The van der Waals surface area contributed by atoms with Crippen LogP contribution in [0.2, 0.25) is 0 Å². The molecule has 0 spiro atoms. The molecule has 0 bridgehead atoms. The Balaban J connectivity index is 1.93. The van der Waals surface area contributed by atoms with Gasteiger partial charge in [0.2, 0.25) is 0 Å². The molecule has 14 heavy (non-hydrogen) atoms. The van der Waals surface area contributed by atoms with Crippen LogP contribution >= 0.6 is 0 Å². The van der Waals surface area contributed by atoms with Crippen molar-refractivity contribution in [1.29, 1.82) is 0 Å². The minimum Gasteiger partial charge on any atom is -0.381 e. The van der Waals surface area contributed by atoms with Crippen LogP contribution in [0.3, 0.4) is 0 Å². The molecule has 0 amide bonds. The molecule has 1 aliphatic carbocycles. The standard InChI is InChI=1S/C11H22N2O/c12-10-1-5-11(13,6-2-10)9-3-7-14-8-4-9/h9-10H,1-8,12-13H2. The highest BCUT2D eigenvalue weighted by Gasteiger charge is 2.38. The van der Waals surface area contributed by atoms with Gasteiger partial charge in [-0.05, 0) is 44.4 Å². The van der Waals surface area contributed by atoms with Gasteiger partial charge in [0.1, 0.15) is 0 Å². The van der Waals surface area contributed by atoms with Gasteiger partial charge < -0.3 is 16.2 Å². The fraction of sp³-hybridized carbons (Fsp3) is 1.00. The summed E-state index contributed by atoms with van der Waals surface area (Å²) >= 11 is 0. The van der Waals surface area contributed by atoms with Crippen molar-refractivity contribution in [1.82, 2.24) is 0 Å². The van der Waals surface area contributed by atoms with Crippen LogP contribution in [0, 0.1) is 5.92 Å². The molecule has 0 unspecified atom stereocenters. The number of ether oxygens (including phenoxy) is 1. The maximum absolute atomic E-state index is 6.48. The van der Waals surface area contributed by atoms with Crippen molar-refractivity contribution in [2.45, 2.75) is 50.1 Å². The normalized spacial score (nSPS) is 41.1. The zero-order chi connectivity index (χ0) is 10.0. The smallest absolute Gasteiger partial charge is 0.0469 e. The Bertz CT molecular complexity index is 182. The first-order chi connectivity index (χ1) is 6.71. The van der Waals surface area contributed by atoms with E-state index in [-0.39, 0.29) is 5.54 Å². The zero-order valence-corrected chi connectivity index (χ0v) is 8.87. The predicted octanol–water partition coefficient (Wildman–Crippen LogP) is 1.01. The maximum atomic E-state index is 6.48. The molecular weight excluding hydrogens is 176 g/mol. The van der Waals surface area contributed by atoms with E-state index in [0.717, 1.165) is 51.7 Å². The Morgan fingerprint density at radius 2 is 1.57 bits per heavy atom. The summed E-state index contributed by atoms with van der Waals surface area (Å²) in [5, 5.41) is 0. The molecule has 2 fully saturated rings. The molecule has 0 aromatic carbocycles. The van der Waals surface area contributed by atoms with Crippen LogP contribution in [0.5, 0.6) is 0 Å². The minimum atomic E-state index is 0.0691. The third-order valence-corrected chi connectivity index (χ3v) is 4.00. The van der Waals surface area contributed by atoms with Crippen molar-refractivity contribution >= 4 is 0 Å². The van der Waals surface area contributed by atoms with E-state index in [1.165, 1.54) is 0 Å². The summed E-state index contributed by atoms with van der Waals surface area (Å²) in [5.41, 5.74) is 12.5. The van der Waals surface area contributed by atoms with E-state index >= 15 is 0 Å². The van der Waals surface area contributed by atoms with Gasteiger partial charge in [-0.1, -0.05) is 0 Å². The Morgan fingerprint density at radius 3 is 2.14 bits per heavy atom. The Hall–Kier alpha value is -0.120. The molecule has 0 aromatic rings. The largest absolute Gasteiger partial charge is 0.381 e. The van der Waals surface area contributed by atoms with Crippen LogP contribution in [-0.2, 0) is 4.74 Å². The highest BCUT2D eigenvalue weighted by molar-refractivity contribution is 4.96. The van der Waals surface area contributed by atoms with Crippen LogP contribution in [0.1, 0.15) is 38.5 Å². The van der Waals surface area contributed by atoms with Gasteiger partial charge in [0.05, 0.1) is 0 Å². The van der Waals surface area contributed by atoms with Gasteiger partial charge in [0.15, 0.2) is 0 Å². The van der Waals surface area contributed by atoms with Gasteiger partial charge in [-0.25, -0.2) is 0 Å². The second-order valence-corrected chi connectivity index (χ2v) is 4.96. The van der Waals surface area contributed by atoms with Crippen LogP contribution in [0.4, 0.5) is 0 Å². The van der Waals surface area contributed by atoms with E-state index in [1.807, 2.05) is 0 Å². The molecule has 2 rings (SSSR count). The molecule has 0 atom stereocenters. The fourth-order valence-corrected chi connectivity index (χ4v) is 2.86. The second-order valence-electron chi connectivity index (χ2n) is 4.96. The molecule has 3 nitrogen and oxygen atoms in total. The topological polar surface area (TPSA) is 61.3 Å². The van der Waals surface area contributed by atoms with Crippen LogP contribution in [-0.4, -0.2) is 24.8 Å². The molecule has 0 aromatic heterocycles. The molecule has 1 heterocycles. The number of hydrogen-bond donors (Lipinski definition) is 2. The first-order valence-corrected chi connectivity index (χ1v) is 5.83. The van der Waals surface area contributed by atoms with Crippen molar-refractivity contribution in [2.75, 3.05) is 13.2 Å². The van der Waals surface area contributed by atoms with E-state index in [9.17, 15) is 0 Å². The monoisotopic (exact) mass is 198 g/mol. The van der Waals surface area contributed by atoms with Gasteiger partial charge in [-0.15, -0.1) is 0 Å². The van der Waals surface area contributed by atoms with Gasteiger partial charge >= 0.3 is 0 Å². The summed E-state index contributed by atoms with van der Waals surface area (Å²) < 4.78 is 5.38. The SMILES string of the molecule is NC1CCC(N)(C2CCOCC2)CC1. The van der Waals surface area contributed by atoms with Gasteiger partial charge in [0, 0.05) is 24.8 Å². The molecular formula is C11H22N2O. The predicted molar refractivity (Wildman–Crippen MR) is 56.9 cm³/mol. The van der Waals surface area contributed by atoms with Gasteiger partial charge in [-0.2, -0.15) is 0 Å². The minimum absolute atomic E-state index is 0.0691. The second kappa shape index (κ2) is 4.17. The molecule has 1 saturated heterocycles. The summed E-state index contributed by atoms with van der Waals surface area (Å²) in [6.07, 6.45) is 6.72. The first kappa shape index (κ1) is 10.4. The van der Waals surface area contributed by atoms with Crippen molar-refractivity contribution in [2.24, 2.45) is 17.4 Å². The van der Waals surface area contributed by atoms with Gasteiger partial charge in [0.25, 0.3) is 0 Å². The van der Waals surface area contributed by atoms with Gasteiger partial charge in [-0.3, -0.25) is 0 Å². The fourth-order valence-electron chi connectivity index (χ4n) is 2.86. The lowest BCUT2D eigenvalue weighted by Crippen LogP contribution is -2.53. The quantitative estimate of drug-likeness (QED) is 0.661. The lowest BCUT2D eigenvalue weighted by Gasteiger charge is -2.43. The van der Waals surface area contributed by atoms with E-state index < -0.39 is 0 Å². The molecule has 82 valence electrons. The van der Waals surface area contributed by atoms with E-state index in [4.69, 9.17) is 16.2 Å². The lowest BCUT2D eigenvalue weighted by molar-refractivity contribution is 0.0270. The first-order valence-electron chi connectivity index (χ1n) is 5.83. The summed E-state index contributed by atoms with van der Waals surface area (Å²) in [7, 11) is 0. The number of rotatable bonds is 1. The maximum Gasteiger partial charge on any atom is 0.0469 e. The average molecular weight is 198 g/mol. The zero-order valence-electron chi connectivity index (χ0n) is 8.87. The molecule has 4 N–H and O–H groups in total. The molecule has 0 radical (unpaired) electrons. The Kier molecular flexibility index (Phi) is 3.10. The van der Waals surface area contributed by atoms with Crippen molar-refractivity contribution in [3.63, 3.8) is 0 Å². The number of nitrogens with two attached hydrogens (primary N) is 2. The summed E-state index contributed by atoms with van der Waals surface area (Å²) in [5.74, 6) is 0.670.